The third-order valence-electron chi connectivity index (χ3n) is 0.144. The van der Waals surface area contributed by atoms with Gasteiger partial charge in [-0.2, -0.15) is 0 Å². The van der Waals surface area contributed by atoms with Crippen LogP contribution < -0.4 is 0 Å². The second-order valence-electron chi connectivity index (χ2n) is 0.454. The van der Waals surface area contributed by atoms with E-state index in [0.29, 0.717) is 6.42 Å². The number of hydrogen-bond acceptors (Lipinski definition) is 0. The Balaban J connectivity index is 3.17. The van der Waals surface area contributed by atoms with Crippen LogP contribution in [0, 0.1) is 0 Å². The Bertz CT molecular complexity index is 67.3. The van der Waals surface area contributed by atoms with Crippen LogP contribution in [-0.4, -0.2) is 0 Å². The van der Waals surface area contributed by atoms with Crippen molar-refractivity contribution in [2.24, 2.45) is 0 Å². The van der Waals surface area contributed by atoms with E-state index in [1.165, 1.54) is 0 Å². The first kappa shape index (κ1) is 0.852. The molecule has 0 rings (SSSR count). The zero-order valence-electron chi connectivity index (χ0n) is 5.49. The van der Waals surface area contributed by atoms with Gasteiger partial charge in [-0.25, -0.2) is 0 Å². The summed E-state index contributed by atoms with van der Waals surface area (Å²) in [6.45, 7) is 1.18. The lowest BCUT2D eigenvalue weighted by atomic mass is 10.5. The van der Waals surface area contributed by atoms with Crippen LogP contribution in [0.25, 0.3) is 0 Å². The summed E-state index contributed by atoms with van der Waals surface area (Å²) in [6.07, 6.45) is 0.406. The van der Waals surface area contributed by atoms with Gasteiger partial charge in [0, 0.05) is 1.37 Å². The first-order chi connectivity index (χ1) is 3.31. The summed E-state index contributed by atoms with van der Waals surface area (Å²) < 4.78 is 19.8. The molecule has 0 bridgehead atoms. The Labute approximate surface area is 31.4 Å². The largest absolute Gasteiger partial charge is 0.103 e. The van der Waals surface area contributed by atoms with Gasteiger partial charge in [0.1, 0.15) is 0 Å². The Morgan fingerprint density at radius 2 is 4.00 bits per heavy atom. The molecule has 0 heteroatoms. The van der Waals surface area contributed by atoms with Gasteiger partial charge in [0.05, 0.1) is 2.74 Å². The first-order valence-electron chi connectivity index (χ1n) is 2.93. The molecule has 0 unspecified atom stereocenters. The van der Waals surface area contributed by atoms with E-state index in [-0.39, 0.29) is 13.0 Å². The molecule has 0 radical (unpaired) electrons. The fourth-order valence-electron chi connectivity index (χ4n) is 0. The van der Waals surface area contributed by atoms with Gasteiger partial charge in [-0.15, -0.1) is 6.55 Å². The summed E-state index contributed by atoms with van der Waals surface area (Å²) in [5.74, 6) is 0. The molecule has 0 aliphatic rings. The van der Waals surface area contributed by atoms with Crippen molar-refractivity contribution in [3.8, 4) is 0 Å². The van der Waals surface area contributed by atoms with E-state index in [1.54, 1.807) is 0 Å². The molecule has 0 aliphatic carbocycles. The number of allylic oxidation sites excluding steroid dienone is 1. The number of rotatable bonds is 1. The Morgan fingerprint density at radius 3 is 4.25 bits per heavy atom. The SMILES string of the molecule is [2H]/C=C(/[2H])CC[2H]. The minimum atomic E-state index is 0.216. The lowest BCUT2D eigenvalue weighted by molar-refractivity contribution is 1.23. The van der Waals surface area contributed by atoms with Gasteiger partial charge in [0.15, 0.2) is 0 Å². The topological polar surface area (TPSA) is 0 Å². The maximum atomic E-state index is 6.77. The summed E-state index contributed by atoms with van der Waals surface area (Å²) in [6, 6.07) is 0.231. The average molecular weight is 59.1 g/mol. The third kappa shape index (κ3) is 1.74. The van der Waals surface area contributed by atoms with E-state index in [0.717, 1.165) is 6.55 Å². The molecule has 0 aromatic rings. The van der Waals surface area contributed by atoms with Crippen LogP contribution >= 0.6 is 0 Å². The van der Waals surface area contributed by atoms with Gasteiger partial charge in [-0.3, -0.25) is 0 Å². The number of hydrogen-bond donors (Lipinski definition) is 0. The maximum absolute atomic E-state index is 6.77. The molecule has 0 N–H and O–H groups in total. The molecular weight excluding hydrogens is 48.0 g/mol. The van der Waals surface area contributed by atoms with Gasteiger partial charge < -0.3 is 0 Å². The Hall–Kier alpha value is -0.260. The molecule has 0 nitrogen and oxygen atoms in total. The predicted molar refractivity (Wildman–Crippen MR) is 20.5 cm³/mol. The Kier molecular flexibility index (Phi) is 0.584. The molecule has 0 saturated carbocycles. The van der Waals surface area contributed by atoms with Crippen LogP contribution in [0.15, 0.2) is 12.6 Å². The minimum absolute atomic E-state index is 0.216. The van der Waals surface area contributed by atoms with Crippen molar-refractivity contribution < 1.29 is 4.11 Å². The summed E-state index contributed by atoms with van der Waals surface area (Å²) >= 11 is 0. The van der Waals surface area contributed by atoms with Crippen molar-refractivity contribution in [1.82, 2.24) is 0 Å². The summed E-state index contributed by atoms with van der Waals surface area (Å²) in [7, 11) is 0. The summed E-state index contributed by atoms with van der Waals surface area (Å²) in [5, 5.41) is 0. The van der Waals surface area contributed by atoms with Gasteiger partial charge in [0.2, 0.25) is 0 Å². The second kappa shape index (κ2) is 2.74. The monoisotopic (exact) mass is 59.1 g/mol. The van der Waals surface area contributed by atoms with Crippen molar-refractivity contribution in [3.63, 3.8) is 0 Å². The van der Waals surface area contributed by atoms with Crippen molar-refractivity contribution in [3.05, 3.63) is 12.6 Å². The minimum Gasteiger partial charge on any atom is -0.103 e. The highest BCUT2D eigenvalue weighted by Crippen LogP contribution is 1.66. The maximum Gasteiger partial charge on any atom is 0.0569 e. The van der Waals surface area contributed by atoms with E-state index in [2.05, 4.69) is 0 Å². The zero-order valence-corrected chi connectivity index (χ0v) is 2.49. The van der Waals surface area contributed by atoms with Gasteiger partial charge in [0.25, 0.3) is 0 Å². The summed E-state index contributed by atoms with van der Waals surface area (Å²) in [5.41, 5.74) is 0. The van der Waals surface area contributed by atoms with Crippen LogP contribution in [0.2, 0.25) is 0 Å². The molecule has 0 aromatic carbocycles. The van der Waals surface area contributed by atoms with Crippen molar-refractivity contribution in [2.75, 3.05) is 0 Å². The molecule has 0 spiro atoms. The van der Waals surface area contributed by atoms with Gasteiger partial charge in [-0.1, -0.05) is 13.0 Å². The smallest absolute Gasteiger partial charge is 0.0569 e. The van der Waals surface area contributed by atoms with E-state index < -0.39 is 0 Å². The second-order valence-corrected chi connectivity index (χ2v) is 0.454. The molecule has 24 valence electrons. The fraction of sp³-hybridized carbons (Fsp3) is 0.500. The van der Waals surface area contributed by atoms with E-state index in [4.69, 9.17) is 4.11 Å². The Morgan fingerprint density at radius 1 is 3.00 bits per heavy atom. The van der Waals surface area contributed by atoms with Crippen LogP contribution in [0.3, 0.4) is 0 Å². The van der Waals surface area contributed by atoms with Crippen molar-refractivity contribution >= 4 is 0 Å². The van der Waals surface area contributed by atoms with Gasteiger partial charge >= 0.3 is 0 Å². The molecular formula is C4H8. The highest BCUT2D eigenvalue weighted by atomic mass is 13.5. The highest BCUT2D eigenvalue weighted by molar-refractivity contribution is 4.60. The normalized spacial score (nSPS) is 22.0. The quantitative estimate of drug-likeness (QED) is 0.402. The third-order valence-corrected chi connectivity index (χ3v) is 0.144. The van der Waals surface area contributed by atoms with Crippen molar-refractivity contribution in [2.45, 2.75) is 13.3 Å². The molecule has 4 heavy (non-hydrogen) atoms. The van der Waals surface area contributed by atoms with Gasteiger partial charge in [-0.05, 0) is 6.42 Å². The van der Waals surface area contributed by atoms with E-state index >= 15 is 0 Å². The zero-order chi connectivity index (χ0) is 5.70. The standard InChI is InChI=1S/C4H8/c1-3-4-2/h3H,1,4H2,2H3/i1D,2D,3D/b3-1-. The lowest BCUT2D eigenvalue weighted by Gasteiger charge is -1.57. The average Bonchev–Trinajstić information content (AvgIpc) is 1.68. The van der Waals surface area contributed by atoms with Crippen LogP contribution in [-0.2, 0) is 0 Å². The van der Waals surface area contributed by atoms with E-state index in [1.807, 2.05) is 0 Å². The van der Waals surface area contributed by atoms with Crippen LogP contribution in [0.4, 0.5) is 0 Å². The highest BCUT2D eigenvalue weighted by Gasteiger charge is 1.45. The van der Waals surface area contributed by atoms with E-state index in [9.17, 15) is 0 Å². The molecule has 0 aliphatic heterocycles. The first-order valence-corrected chi connectivity index (χ1v) is 1.14. The van der Waals surface area contributed by atoms with Crippen molar-refractivity contribution in [1.29, 1.82) is 0 Å². The predicted octanol–water partition coefficient (Wildman–Crippen LogP) is 1.58. The fourth-order valence-corrected chi connectivity index (χ4v) is 0. The molecule has 0 fully saturated rings. The molecule has 0 saturated heterocycles. The summed E-state index contributed by atoms with van der Waals surface area (Å²) in [4.78, 5) is 0. The lowest BCUT2D eigenvalue weighted by Crippen LogP contribution is -1.36. The molecule has 0 heterocycles. The molecule has 0 atom stereocenters. The molecule has 0 amide bonds. The van der Waals surface area contributed by atoms with Crippen LogP contribution in [0.5, 0.6) is 0 Å². The van der Waals surface area contributed by atoms with Crippen LogP contribution in [0.1, 0.15) is 17.4 Å². The molecule has 0 aromatic heterocycles.